The van der Waals surface area contributed by atoms with Gasteiger partial charge in [-0.25, -0.2) is 8.42 Å². The van der Waals surface area contributed by atoms with E-state index in [-0.39, 0.29) is 11.8 Å². The minimum Gasteiger partial charge on any atom is -0.300 e. The van der Waals surface area contributed by atoms with Gasteiger partial charge in [-0.05, 0) is 45.2 Å². The van der Waals surface area contributed by atoms with Crippen LogP contribution >= 0.6 is 11.3 Å². The average molecular weight is 395 g/mol. The van der Waals surface area contributed by atoms with Gasteiger partial charge in [-0.2, -0.15) is 4.31 Å². The monoisotopic (exact) mass is 394 g/mol. The second-order valence-corrected chi connectivity index (χ2v) is 9.65. The molecule has 0 saturated carbocycles. The van der Waals surface area contributed by atoms with Crippen molar-refractivity contribution in [1.29, 1.82) is 0 Å². The Labute approximate surface area is 157 Å². The van der Waals surface area contributed by atoms with Gasteiger partial charge in [0, 0.05) is 19.0 Å². The maximum absolute atomic E-state index is 12.9. The van der Waals surface area contributed by atoms with E-state index in [0.717, 1.165) is 16.1 Å². The number of nitrogens with zero attached hydrogens (tertiary/aromatic N) is 3. The van der Waals surface area contributed by atoms with Gasteiger partial charge in [0.15, 0.2) is 0 Å². The number of sulfonamides is 1. The van der Waals surface area contributed by atoms with Gasteiger partial charge in [-0.3, -0.25) is 4.79 Å². The first kappa shape index (κ1) is 18.9. The minimum absolute atomic E-state index is 0.121. The molecule has 1 aliphatic rings. The molecule has 0 atom stereocenters. The van der Waals surface area contributed by atoms with Gasteiger partial charge in [0.1, 0.15) is 5.01 Å². The first-order valence-corrected chi connectivity index (χ1v) is 10.7. The summed E-state index contributed by atoms with van der Waals surface area (Å²) in [6.07, 6.45) is 0.988. The molecular weight excluding hydrogens is 372 g/mol. The van der Waals surface area contributed by atoms with E-state index in [9.17, 15) is 13.2 Å². The molecule has 0 spiro atoms. The zero-order chi connectivity index (χ0) is 18.9. The fraction of sp³-hybridized carbons (Fsp3) is 0.471. The van der Waals surface area contributed by atoms with Crippen molar-refractivity contribution >= 4 is 32.4 Å². The van der Waals surface area contributed by atoms with E-state index in [2.05, 4.69) is 15.5 Å². The number of amides is 1. The highest BCUT2D eigenvalue weighted by atomic mass is 32.2. The van der Waals surface area contributed by atoms with Crippen LogP contribution in [0.2, 0.25) is 0 Å². The van der Waals surface area contributed by atoms with Crippen molar-refractivity contribution in [2.75, 3.05) is 18.4 Å². The van der Waals surface area contributed by atoms with Crippen molar-refractivity contribution in [3.63, 3.8) is 0 Å². The third kappa shape index (κ3) is 3.94. The second-order valence-electron chi connectivity index (χ2n) is 6.56. The number of benzene rings is 1. The van der Waals surface area contributed by atoms with Gasteiger partial charge in [0.25, 0.3) is 0 Å². The molecule has 0 unspecified atom stereocenters. The van der Waals surface area contributed by atoms with Crippen LogP contribution in [0.1, 0.15) is 29.0 Å². The molecule has 2 aromatic rings. The minimum atomic E-state index is -3.53. The molecule has 1 amide bonds. The number of nitrogens with one attached hydrogen (secondary N) is 1. The van der Waals surface area contributed by atoms with E-state index < -0.39 is 10.0 Å². The molecule has 0 radical (unpaired) electrons. The van der Waals surface area contributed by atoms with E-state index in [1.807, 2.05) is 32.9 Å². The first-order chi connectivity index (χ1) is 12.3. The SMILES string of the molecule is Cc1ccc(S(=O)(=O)N2CCC(C(=O)Nc3nnc(C)s3)CC2)c(C)c1. The predicted molar refractivity (Wildman–Crippen MR) is 101 cm³/mol. The summed E-state index contributed by atoms with van der Waals surface area (Å²) in [7, 11) is -3.53. The normalized spacial score (nSPS) is 16.6. The van der Waals surface area contributed by atoms with Crippen LogP contribution in [-0.2, 0) is 14.8 Å². The van der Waals surface area contributed by atoms with Crippen molar-refractivity contribution in [2.45, 2.75) is 38.5 Å². The molecule has 9 heteroatoms. The topological polar surface area (TPSA) is 92.3 Å². The Morgan fingerprint density at radius 3 is 2.46 bits per heavy atom. The lowest BCUT2D eigenvalue weighted by Gasteiger charge is -2.30. The Bertz CT molecular complexity index is 916. The quantitative estimate of drug-likeness (QED) is 0.860. The maximum Gasteiger partial charge on any atom is 0.243 e. The van der Waals surface area contributed by atoms with Crippen LogP contribution in [0.3, 0.4) is 0 Å². The Morgan fingerprint density at radius 2 is 1.88 bits per heavy atom. The molecule has 7 nitrogen and oxygen atoms in total. The third-order valence-corrected chi connectivity index (χ3v) is 7.34. The summed E-state index contributed by atoms with van der Waals surface area (Å²) < 4.78 is 27.3. The van der Waals surface area contributed by atoms with Gasteiger partial charge < -0.3 is 5.32 Å². The number of aromatic nitrogens is 2. The largest absolute Gasteiger partial charge is 0.300 e. The van der Waals surface area contributed by atoms with E-state index in [1.165, 1.54) is 15.6 Å². The molecule has 2 heterocycles. The number of carbonyl (C=O) groups is 1. The molecule has 26 heavy (non-hydrogen) atoms. The van der Waals surface area contributed by atoms with Crippen LogP contribution < -0.4 is 5.32 Å². The highest BCUT2D eigenvalue weighted by molar-refractivity contribution is 7.89. The van der Waals surface area contributed by atoms with Crippen molar-refractivity contribution in [2.24, 2.45) is 5.92 Å². The van der Waals surface area contributed by atoms with Gasteiger partial charge in [0.2, 0.25) is 21.1 Å². The summed E-state index contributed by atoms with van der Waals surface area (Å²) >= 11 is 1.32. The average Bonchev–Trinajstić information content (AvgIpc) is 2.99. The zero-order valence-corrected chi connectivity index (χ0v) is 16.7. The molecule has 1 aromatic carbocycles. The molecule has 0 bridgehead atoms. The van der Waals surface area contributed by atoms with Crippen molar-refractivity contribution in [1.82, 2.24) is 14.5 Å². The van der Waals surface area contributed by atoms with Crippen molar-refractivity contribution in [3.8, 4) is 0 Å². The van der Waals surface area contributed by atoms with Crippen LogP contribution in [0.15, 0.2) is 23.1 Å². The smallest absolute Gasteiger partial charge is 0.243 e. The summed E-state index contributed by atoms with van der Waals surface area (Å²) in [6, 6.07) is 5.35. The molecule has 3 rings (SSSR count). The first-order valence-electron chi connectivity index (χ1n) is 8.46. The summed E-state index contributed by atoms with van der Waals surface area (Å²) in [5.41, 5.74) is 1.78. The van der Waals surface area contributed by atoms with Crippen molar-refractivity contribution in [3.05, 3.63) is 34.3 Å². The Morgan fingerprint density at radius 1 is 1.19 bits per heavy atom. The number of hydrogen-bond acceptors (Lipinski definition) is 6. The standard InChI is InChI=1S/C17H22N4O3S2/c1-11-4-5-15(12(2)10-11)26(23,24)21-8-6-14(7-9-21)16(22)18-17-20-19-13(3)25-17/h4-5,10,14H,6-9H2,1-3H3,(H,18,20,22). The molecule has 0 aliphatic carbocycles. The number of rotatable bonds is 4. The summed E-state index contributed by atoms with van der Waals surface area (Å²) in [5, 5.41) is 11.8. The molecule has 1 aromatic heterocycles. The zero-order valence-electron chi connectivity index (χ0n) is 15.0. The molecule has 140 valence electrons. The lowest BCUT2D eigenvalue weighted by molar-refractivity contribution is -0.120. The van der Waals surface area contributed by atoms with Gasteiger partial charge in [-0.1, -0.05) is 29.0 Å². The number of carbonyl (C=O) groups excluding carboxylic acids is 1. The Hall–Kier alpha value is -1.84. The maximum atomic E-state index is 12.9. The predicted octanol–water partition coefficient (Wildman–Crippen LogP) is 2.50. The van der Waals surface area contributed by atoms with Crippen LogP contribution in [-0.4, -0.2) is 41.9 Å². The van der Waals surface area contributed by atoms with E-state index in [0.29, 0.717) is 36.0 Å². The van der Waals surface area contributed by atoms with Gasteiger partial charge in [0.05, 0.1) is 4.90 Å². The van der Waals surface area contributed by atoms with E-state index >= 15 is 0 Å². The fourth-order valence-corrected chi connectivity index (χ4v) is 5.41. The van der Waals surface area contributed by atoms with E-state index in [1.54, 1.807) is 6.07 Å². The van der Waals surface area contributed by atoms with Crippen LogP contribution in [0, 0.1) is 26.7 Å². The molecular formula is C17H22N4O3S2. The number of hydrogen-bond donors (Lipinski definition) is 1. The van der Waals surface area contributed by atoms with Gasteiger partial charge >= 0.3 is 0 Å². The van der Waals surface area contributed by atoms with Crippen LogP contribution in [0.4, 0.5) is 5.13 Å². The number of anilines is 1. The lowest BCUT2D eigenvalue weighted by atomic mass is 9.97. The van der Waals surface area contributed by atoms with Crippen molar-refractivity contribution < 1.29 is 13.2 Å². The molecule has 1 saturated heterocycles. The van der Waals surface area contributed by atoms with Crippen LogP contribution in [0.25, 0.3) is 0 Å². The summed E-state index contributed by atoms with van der Waals surface area (Å²) in [4.78, 5) is 12.7. The van der Waals surface area contributed by atoms with Gasteiger partial charge in [-0.15, -0.1) is 10.2 Å². The van der Waals surface area contributed by atoms with E-state index in [4.69, 9.17) is 0 Å². The number of aryl methyl sites for hydroxylation is 3. The van der Waals surface area contributed by atoms with Crippen LogP contribution in [0.5, 0.6) is 0 Å². The number of piperidine rings is 1. The Kier molecular flexibility index (Phi) is 5.40. The summed E-state index contributed by atoms with van der Waals surface area (Å²) in [6.45, 7) is 6.24. The Balaban J connectivity index is 1.65. The lowest BCUT2D eigenvalue weighted by Crippen LogP contribution is -2.41. The fourth-order valence-electron chi connectivity index (χ4n) is 3.14. The highest BCUT2D eigenvalue weighted by Crippen LogP contribution is 2.27. The highest BCUT2D eigenvalue weighted by Gasteiger charge is 2.33. The molecule has 1 fully saturated rings. The summed E-state index contributed by atoms with van der Waals surface area (Å²) in [5.74, 6) is -0.338. The third-order valence-electron chi connectivity index (χ3n) is 4.53. The molecule has 1 aliphatic heterocycles. The molecule has 1 N–H and O–H groups in total. The second kappa shape index (κ2) is 7.42.